The molecule has 2 N–H and O–H groups in total. The normalized spacial score (nSPS) is 43.8. The van der Waals surface area contributed by atoms with Crippen molar-refractivity contribution >= 4 is 0 Å². The number of rotatable bonds is 5. The molecule has 1 saturated heterocycles. The van der Waals surface area contributed by atoms with Crippen LogP contribution in [0.3, 0.4) is 0 Å². The molecule has 0 radical (unpaired) electrons. The zero-order valence-corrected chi connectivity index (χ0v) is 17.8. The van der Waals surface area contributed by atoms with Gasteiger partial charge in [-0.25, -0.2) is 0 Å². The van der Waals surface area contributed by atoms with Crippen molar-refractivity contribution in [2.45, 2.75) is 75.5 Å². The molecule has 2 fully saturated rings. The Labute approximate surface area is 173 Å². The van der Waals surface area contributed by atoms with Crippen molar-refractivity contribution in [3.05, 3.63) is 35.4 Å². The molecule has 2 aliphatic heterocycles. The first-order valence-corrected chi connectivity index (χ1v) is 11.5. The van der Waals surface area contributed by atoms with Gasteiger partial charge < -0.3 is 19.9 Å². The molecule has 156 valence electrons. The number of ether oxygens (including phenoxy) is 2. The lowest BCUT2D eigenvalue weighted by molar-refractivity contribution is -0.210. The van der Waals surface area contributed by atoms with Crippen LogP contribution in [-0.4, -0.2) is 36.5 Å². The van der Waals surface area contributed by atoms with Gasteiger partial charge in [-0.3, -0.25) is 0 Å². The lowest BCUT2D eigenvalue weighted by Crippen LogP contribution is -2.79. The van der Waals surface area contributed by atoms with Crippen LogP contribution in [0.2, 0.25) is 0 Å². The number of piperidine rings is 1. The highest BCUT2D eigenvalue weighted by Crippen LogP contribution is 2.74. The molecule has 4 nitrogen and oxygen atoms in total. The summed E-state index contributed by atoms with van der Waals surface area (Å²) in [5.74, 6) is 2.05. The number of hydrogen-bond donors (Lipinski definition) is 2. The molecule has 1 unspecified atom stereocenters. The Morgan fingerprint density at radius 3 is 3.00 bits per heavy atom. The van der Waals surface area contributed by atoms with E-state index < -0.39 is 5.60 Å². The van der Waals surface area contributed by atoms with Crippen LogP contribution < -0.4 is 10.1 Å². The van der Waals surface area contributed by atoms with Crippen LogP contribution in [-0.2, 0) is 16.6 Å². The predicted molar refractivity (Wildman–Crippen MR) is 112 cm³/mol. The Morgan fingerprint density at radius 1 is 1.34 bits per heavy atom. The van der Waals surface area contributed by atoms with Crippen molar-refractivity contribution in [3.8, 4) is 11.5 Å². The van der Waals surface area contributed by atoms with Gasteiger partial charge in [0, 0.05) is 24.1 Å². The smallest absolute Gasteiger partial charge is 0.165 e. The second kappa shape index (κ2) is 5.79. The summed E-state index contributed by atoms with van der Waals surface area (Å²) >= 11 is 0. The molecule has 0 aromatic heterocycles. The Kier molecular flexibility index (Phi) is 3.65. The number of benzene rings is 1. The average molecular weight is 396 g/mol. The predicted octanol–water partition coefficient (Wildman–Crippen LogP) is 4.10. The minimum absolute atomic E-state index is 0.0490. The summed E-state index contributed by atoms with van der Waals surface area (Å²) in [6.45, 7) is 5.69. The molecule has 1 saturated carbocycles. The maximum atomic E-state index is 10.7. The number of fused-ring (bicyclic) bond motifs is 1. The SMILES string of the molecule is CCCCC(C)[C@H]1C[C@@]23C=C[C@]1(OC)[C@@H]1Oc4c(O)ccc5c4[C@@]12CCN[C@@H]3C5. The maximum absolute atomic E-state index is 10.7. The average Bonchev–Trinajstić information content (AvgIpc) is 3.10. The van der Waals surface area contributed by atoms with Crippen LogP contribution >= 0.6 is 0 Å². The zero-order chi connectivity index (χ0) is 20.0. The van der Waals surface area contributed by atoms with E-state index in [-0.39, 0.29) is 16.9 Å². The van der Waals surface area contributed by atoms with Gasteiger partial charge in [0.25, 0.3) is 0 Å². The van der Waals surface area contributed by atoms with Crippen molar-refractivity contribution in [2.24, 2.45) is 17.3 Å². The van der Waals surface area contributed by atoms with E-state index in [0.717, 1.165) is 31.6 Å². The minimum atomic E-state index is -0.420. The fourth-order valence-electron chi connectivity index (χ4n) is 8.16. The van der Waals surface area contributed by atoms with E-state index in [1.807, 2.05) is 13.2 Å². The molecular formula is C25H33NO3. The summed E-state index contributed by atoms with van der Waals surface area (Å²) in [7, 11) is 1.87. The highest BCUT2D eigenvalue weighted by molar-refractivity contribution is 5.65. The fourth-order valence-corrected chi connectivity index (χ4v) is 8.16. The largest absolute Gasteiger partial charge is 0.504 e. The van der Waals surface area contributed by atoms with E-state index >= 15 is 0 Å². The van der Waals surface area contributed by atoms with Gasteiger partial charge in [-0.1, -0.05) is 51.3 Å². The first-order valence-electron chi connectivity index (χ1n) is 11.5. The second-order valence-electron chi connectivity index (χ2n) is 10.2. The quantitative estimate of drug-likeness (QED) is 0.737. The Morgan fingerprint density at radius 2 is 2.21 bits per heavy atom. The summed E-state index contributed by atoms with van der Waals surface area (Å²) in [6.07, 6.45) is 11.7. The van der Waals surface area contributed by atoms with Gasteiger partial charge in [0.05, 0.1) is 5.41 Å². The first kappa shape index (κ1) is 18.3. The molecular weight excluding hydrogens is 362 g/mol. The number of aromatic hydroxyl groups is 1. The van der Waals surface area contributed by atoms with Gasteiger partial charge in [0.1, 0.15) is 11.7 Å². The first-order chi connectivity index (χ1) is 14.0. The van der Waals surface area contributed by atoms with Gasteiger partial charge >= 0.3 is 0 Å². The summed E-state index contributed by atoms with van der Waals surface area (Å²) in [4.78, 5) is 0. The molecule has 4 aliphatic carbocycles. The number of phenolic OH excluding ortho intramolecular Hbond substituents is 1. The van der Waals surface area contributed by atoms with E-state index in [4.69, 9.17) is 9.47 Å². The van der Waals surface area contributed by atoms with E-state index in [9.17, 15) is 5.11 Å². The lowest BCUT2D eigenvalue weighted by atomic mass is 9.36. The Balaban J connectivity index is 1.59. The van der Waals surface area contributed by atoms with Crippen LogP contribution in [0.4, 0.5) is 0 Å². The van der Waals surface area contributed by atoms with E-state index in [0.29, 0.717) is 23.6 Å². The van der Waals surface area contributed by atoms with Gasteiger partial charge in [0.2, 0.25) is 0 Å². The number of methoxy groups -OCH3 is 1. The summed E-state index contributed by atoms with van der Waals surface area (Å²) in [5.41, 5.74) is 2.19. The third kappa shape index (κ3) is 1.86. The lowest BCUT2D eigenvalue weighted by Gasteiger charge is -2.70. The van der Waals surface area contributed by atoms with Crippen LogP contribution in [0.5, 0.6) is 11.5 Å². The van der Waals surface area contributed by atoms with E-state index in [2.05, 4.69) is 37.4 Å². The van der Waals surface area contributed by atoms with Crippen LogP contribution in [0.15, 0.2) is 24.3 Å². The molecule has 2 spiro atoms. The van der Waals surface area contributed by atoms with Gasteiger partial charge in [-0.2, -0.15) is 0 Å². The van der Waals surface area contributed by atoms with Crippen molar-refractivity contribution in [1.82, 2.24) is 5.32 Å². The molecule has 1 aromatic carbocycles. The molecule has 4 heteroatoms. The summed E-state index contributed by atoms with van der Waals surface area (Å²) in [6, 6.07) is 4.38. The molecule has 7 atom stereocenters. The molecule has 0 amide bonds. The maximum Gasteiger partial charge on any atom is 0.165 e. The highest BCUT2D eigenvalue weighted by atomic mass is 16.6. The molecule has 7 rings (SSSR count). The van der Waals surface area contributed by atoms with Crippen molar-refractivity contribution < 1.29 is 14.6 Å². The van der Waals surface area contributed by atoms with Gasteiger partial charge in [-0.05, 0) is 49.3 Å². The monoisotopic (exact) mass is 395 g/mol. The number of unbranched alkanes of at least 4 members (excludes halogenated alkanes) is 1. The third-order valence-corrected chi connectivity index (χ3v) is 9.38. The molecule has 29 heavy (non-hydrogen) atoms. The Hall–Kier alpha value is -1.52. The van der Waals surface area contributed by atoms with Crippen LogP contribution in [0.1, 0.15) is 57.1 Å². The number of phenols is 1. The molecule has 6 aliphatic rings. The Bertz CT molecular complexity index is 896. The molecule has 2 heterocycles. The summed E-state index contributed by atoms with van der Waals surface area (Å²) in [5, 5.41) is 14.6. The van der Waals surface area contributed by atoms with Gasteiger partial charge in [0.15, 0.2) is 11.5 Å². The van der Waals surface area contributed by atoms with Crippen molar-refractivity contribution in [3.63, 3.8) is 0 Å². The van der Waals surface area contributed by atoms with Crippen molar-refractivity contribution in [1.29, 1.82) is 0 Å². The molecule has 1 aromatic rings. The minimum Gasteiger partial charge on any atom is -0.504 e. The number of hydrogen-bond acceptors (Lipinski definition) is 4. The second-order valence-corrected chi connectivity index (χ2v) is 10.2. The van der Waals surface area contributed by atoms with E-state index in [1.54, 1.807) is 0 Å². The standard InChI is InChI=1S/C25H33NO3/c1-4-5-6-15(2)17-14-23-9-10-25(17,28-3)22-24(23)11-12-26-19(23)13-16-7-8-18(27)21(29-22)20(16)24/h7-10,15,17,19,22,26-27H,4-6,11-14H2,1-3H3/t15?,17-,19-,22-,23-,24+,25-/m1/s1. The zero-order valence-electron chi connectivity index (χ0n) is 17.8. The molecule has 4 bridgehead atoms. The topological polar surface area (TPSA) is 50.7 Å². The van der Waals surface area contributed by atoms with Crippen molar-refractivity contribution in [2.75, 3.05) is 13.7 Å². The van der Waals surface area contributed by atoms with Crippen LogP contribution in [0, 0.1) is 17.3 Å². The fraction of sp³-hybridized carbons (Fsp3) is 0.680. The highest BCUT2D eigenvalue weighted by Gasteiger charge is 2.78. The third-order valence-electron chi connectivity index (χ3n) is 9.38. The summed E-state index contributed by atoms with van der Waals surface area (Å²) < 4.78 is 13.2. The number of nitrogens with one attached hydrogen (secondary N) is 1. The van der Waals surface area contributed by atoms with Crippen LogP contribution in [0.25, 0.3) is 0 Å². The van der Waals surface area contributed by atoms with Gasteiger partial charge in [-0.15, -0.1) is 0 Å². The van der Waals surface area contributed by atoms with E-state index in [1.165, 1.54) is 30.4 Å².